The maximum Gasteiger partial charge on any atom is 0.410 e. The summed E-state index contributed by atoms with van der Waals surface area (Å²) in [4.78, 5) is 25.6. The van der Waals surface area contributed by atoms with Crippen LogP contribution in [0, 0.1) is 13.8 Å². The highest BCUT2D eigenvalue weighted by molar-refractivity contribution is 5.99. The number of hydrogen-bond acceptors (Lipinski definition) is 3. The van der Waals surface area contributed by atoms with E-state index in [0.29, 0.717) is 5.56 Å². The fourth-order valence-corrected chi connectivity index (χ4v) is 2.41. The van der Waals surface area contributed by atoms with Crippen molar-refractivity contribution in [1.29, 1.82) is 0 Å². The number of benzene rings is 1. The van der Waals surface area contributed by atoms with Crippen LogP contribution in [0.1, 0.15) is 40.7 Å². The van der Waals surface area contributed by atoms with Crippen LogP contribution >= 0.6 is 0 Å². The van der Waals surface area contributed by atoms with Gasteiger partial charge in [-0.3, -0.25) is 4.79 Å². The van der Waals surface area contributed by atoms with E-state index in [4.69, 9.17) is 4.74 Å². The first-order valence-electron chi connectivity index (χ1n) is 7.10. The van der Waals surface area contributed by atoms with E-state index in [1.807, 2.05) is 32.0 Å². The second-order valence-corrected chi connectivity index (χ2v) is 5.34. The molecule has 0 unspecified atom stereocenters. The lowest BCUT2D eigenvalue weighted by molar-refractivity contribution is 0.0728. The largest absolute Gasteiger partial charge is 0.441 e. The van der Waals surface area contributed by atoms with Gasteiger partial charge in [-0.1, -0.05) is 17.7 Å². The molecule has 0 aliphatic carbocycles. The van der Waals surface area contributed by atoms with Crippen molar-refractivity contribution in [2.24, 2.45) is 0 Å². The Kier molecular flexibility index (Phi) is 4.77. The molecular formula is C16H21NO3. The van der Waals surface area contributed by atoms with Gasteiger partial charge in [0.05, 0.1) is 0 Å². The summed E-state index contributed by atoms with van der Waals surface area (Å²) in [6, 6.07) is 5.72. The molecule has 20 heavy (non-hydrogen) atoms. The Morgan fingerprint density at radius 1 is 1.15 bits per heavy atom. The molecule has 0 N–H and O–H groups in total. The molecule has 0 bridgehead atoms. The van der Waals surface area contributed by atoms with Crippen LogP contribution < -0.4 is 0 Å². The zero-order valence-corrected chi connectivity index (χ0v) is 12.1. The van der Waals surface area contributed by atoms with Gasteiger partial charge in [-0.05, 0) is 44.7 Å². The third-order valence-corrected chi connectivity index (χ3v) is 3.63. The Morgan fingerprint density at radius 3 is 2.55 bits per heavy atom. The number of nitrogens with zero attached hydrogens (tertiary/aromatic N) is 1. The van der Waals surface area contributed by atoms with E-state index < -0.39 is 0 Å². The molecule has 1 aromatic carbocycles. The van der Waals surface area contributed by atoms with Gasteiger partial charge in [0.2, 0.25) is 5.78 Å². The van der Waals surface area contributed by atoms with Crippen molar-refractivity contribution in [2.45, 2.75) is 33.1 Å². The highest BCUT2D eigenvalue weighted by Crippen LogP contribution is 2.13. The molecule has 1 fully saturated rings. The van der Waals surface area contributed by atoms with Gasteiger partial charge < -0.3 is 9.64 Å². The van der Waals surface area contributed by atoms with E-state index in [1.54, 1.807) is 4.90 Å². The number of hydrogen-bond donors (Lipinski definition) is 0. The summed E-state index contributed by atoms with van der Waals surface area (Å²) in [6.45, 7) is 5.11. The van der Waals surface area contributed by atoms with E-state index >= 15 is 0 Å². The van der Waals surface area contributed by atoms with Gasteiger partial charge in [0.25, 0.3) is 0 Å². The number of carbonyl (C=O) groups excluding carboxylic acids is 2. The lowest BCUT2D eigenvalue weighted by Crippen LogP contribution is -2.36. The second kappa shape index (κ2) is 6.55. The van der Waals surface area contributed by atoms with E-state index in [1.165, 1.54) is 0 Å². The predicted molar refractivity (Wildman–Crippen MR) is 77.0 cm³/mol. The SMILES string of the molecule is Cc1ccc(C)c(C(=O)COC(=O)N2CCCCC2)c1. The Bertz CT molecular complexity index is 504. The Hall–Kier alpha value is -1.84. The van der Waals surface area contributed by atoms with Gasteiger partial charge >= 0.3 is 6.09 Å². The molecule has 1 aliphatic heterocycles. The second-order valence-electron chi connectivity index (χ2n) is 5.34. The van der Waals surface area contributed by atoms with Crippen LogP contribution in [0.15, 0.2) is 18.2 Å². The molecular weight excluding hydrogens is 254 g/mol. The molecule has 0 aromatic heterocycles. The molecule has 0 atom stereocenters. The average Bonchev–Trinajstić information content (AvgIpc) is 2.47. The molecule has 2 rings (SSSR count). The number of Topliss-reactive ketones (excluding diaryl/α,β-unsaturated/α-hetero) is 1. The smallest absolute Gasteiger partial charge is 0.410 e. The molecule has 4 nitrogen and oxygen atoms in total. The Morgan fingerprint density at radius 2 is 1.85 bits per heavy atom. The molecule has 1 heterocycles. The lowest BCUT2D eigenvalue weighted by atomic mass is 10.0. The number of rotatable bonds is 3. The van der Waals surface area contributed by atoms with Crippen LogP contribution in [0.5, 0.6) is 0 Å². The Labute approximate surface area is 119 Å². The number of likely N-dealkylation sites (tertiary alicyclic amines) is 1. The van der Waals surface area contributed by atoms with Crippen LogP contribution in [-0.4, -0.2) is 36.5 Å². The first-order chi connectivity index (χ1) is 9.58. The van der Waals surface area contributed by atoms with Crippen molar-refractivity contribution in [1.82, 2.24) is 4.90 Å². The minimum absolute atomic E-state index is 0.142. The summed E-state index contributed by atoms with van der Waals surface area (Å²) < 4.78 is 5.13. The summed E-state index contributed by atoms with van der Waals surface area (Å²) in [7, 11) is 0. The van der Waals surface area contributed by atoms with Crippen molar-refractivity contribution in [3.8, 4) is 0 Å². The topological polar surface area (TPSA) is 46.6 Å². The standard InChI is InChI=1S/C16H21NO3/c1-12-6-7-13(2)14(10-12)15(18)11-20-16(19)17-8-4-3-5-9-17/h6-7,10H,3-5,8-9,11H2,1-2H3. The summed E-state index contributed by atoms with van der Waals surface area (Å²) in [5.41, 5.74) is 2.58. The van der Waals surface area contributed by atoms with E-state index in [-0.39, 0.29) is 18.5 Å². The van der Waals surface area contributed by atoms with Crippen molar-refractivity contribution >= 4 is 11.9 Å². The van der Waals surface area contributed by atoms with E-state index in [2.05, 4.69) is 0 Å². The molecule has 0 spiro atoms. The van der Waals surface area contributed by atoms with Gasteiger partial charge in [0.1, 0.15) is 0 Å². The number of carbonyl (C=O) groups is 2. The van der Waals surface area contributed by atoms with Crippen LogP contribution in [0.3, 0.4) is 0 Å². The maximum absolute atomic E-state index is 12.1. The highest BCUT2D eigenvalue weighted by Gasteiger charge is 2.19. The first-order valence-corrected chi connectivity index (χ1v) is 7.10. The maximum atomic E-state index is 12.1. The van der Waals surface area contributed by atoms with Crippen molar-refractivity contribution in [2.75, 3.05) is 19.7 Å². The molecule has 0 saturated carbocycles. The summed E-state index contributed by atoms with van der Waals surface area (Å²) in [5.74, 6) is -0.142. The molecule has 1 aromatic rings. The number of piperidine rings is 1. The fourth-order valence-electron chi connectivity index (χ4n) is 2.41. The third-order valence-electron chi connectivity index (χ3n) is 3.63. The van der Waals surface area contributed by atoms with Gasteiger partial charge in [0.15, 0.2) is 6.61 Å². The van der Waals surface area contributed by atoms with Crippen molar-refractivity contribution in [3.63, 3.8) is 0 Å². The lowest BCUT2D eigenvalue weighted by Gasteiger charge is -2.25. The van der Waals surface area contributed by atoms with E-state index in [0.717, 1.165) is 43.5 Å². The highest BCUT2D eigenvalue weighted by atomic mass is 16.6. The minimum Gasteiger partial charge on any atom is -0.441 e. The minimum atomic E-state index is -0.372. The van der Waals surface area contributed by atoms with Crippen LogP contribution in [-0.2, 0) is 4.74 Å². The van der Waals surface area contributed by atoms with Crippen LogP contribution in [0.25, 0.3) is 0 Å². The zero-order valence-electron chi connectivity index (χ0n) is 12.1. The molecule has 108 valence electrons. The monoisotopic (exact) mass is 275 g/mol. The van der Waals surface area contributed by atoms with Gasteiger partial charge in [-0.25, -0.2) is 4.79 Å². The Balaban J connectivity index is 1.91. The third kappa shape index (κ3) is 3.59. The predicted octanol–water partition coefficient (Wildman–Crippen LogP) is 3.11. The summed E-state index contributed by atoms with van der Waals surface area (Å²) >= 11 is 0. The zero-order chi connectivity index (χ0) is 14.5. The van der Waals surface area contributed by atoms with Gasteiger partial charge in [-0.15, -0.1) is 0 Å². The van der Waals surface area contributed by atoms with Gasteiger partial charge in [0, 0.05) is 18.7 Å². The normalized spacial score (nSPS) is 15.0. The van der Waals surface area contributed by atoms with Gasteiger partial charge in [-0.2, -0.15) is 0 Å². The molecule has 1 saturated heterocycles. The number of amides is 1. The quantitative estimate of drug-likeness (QED) is 0.796. The number of ether oxygens (including phenoxy) is 1. The number of aryl methyl sites for hydroxylation is 2. The molecule has 1 aliphatic rings. The average molecular weight is 275 g/mol. The molecule has 4 heteroatoms. The fraction of sp³-hybridized carbons (Fsp3) is 0.500. The van der Waals surface area contributed by atoms with Crippen LogP contribution in [0.2, 0.25) is 0 Å². The number of ketones is 1. The van der Waals surface area contributed by atoms with E-state index in [9.17, 15) is 9.59 Å². The van der Waals surface area contributed by atoms with Crippen molar-refractivity contribution < 1.29 is 14.3 Å². The first kappa shape index (κ1) is 14.6. The summed E-state index contributed by atoms with van der Waals surface area (Å²) in [6.07, 6.45) is 2.81. The van der Waals surface area contributed by atoms with Crippen LogP contribution in [0.4, 0.5) is 4.79 Å². The van der Waals surface area contributed by atoms with Crippen molar-refractivity contribution in [3.05, 3.63) is 34.9 Å². The summed E-state index contributed by atoms with van der Waals surface area (Å²) in [5, 5.41) is 0. The molecule has 0 radical (unpaired) electrons. The molecule has 1 amide bonds.